The summed E-state index contributed by atoms with van der Waals surface area (Å²) in [6, 6.07) is 5.32. The molecule has 0 aliphatic carbocycles. The fourth-order valence-electron chi connectivity index (χ4n) is 1.72. The zero-order valence-corrected chi connectivity index (χ0v) is 8.68. The van der Waals surface area contributed by atoms with Gasteiger partial charge in [-0.2, -0.15) is 0 Å². The molecule has 0 fully saturated rings. The van der Waals surface area contributed by atoms with Crippen LogP contribution in [0.1, 0.15) is 10.4 Å². The van der Waals surface area contributed by atoms with Crippen molar-refractivity contribution in [3.63, 3.8) is 0 Å². The molecule has 0 aromatic carbocycles. The Hall–Kier alpha value is -2.56. The van der Waals surface area contributed by atoms with Crippen molar-refractivity contribution >= 4 is 17.5 Å². The van der Waals surface area contributed by atoms with Crippen LogP contribution in [0.5, 0.6) is 0 Å². The van der Waals surface area contributed by atoms with Crippen molar-refractivity contribution in [2.45, 2.75) is 0 Å². The number of hydrogen-bond acceptors (Lipinski definition) is 4. The van der Waals surface area contributed by atoms with Crippen LogP contribution in [0, 0.1) is 0 Å². The highest BCUT2D eigenvalue weighted by molar-refractivity contribution is 6.51. The van der Waals surface area contributed by atoms with Gasteiger partial charge in [-0.05, 0) is 12.1 Å². The minimum atomic E-state index is -0.629. The molecule has 3 heterocycles. The van der Waals surface area contributed by atoms with Crippen molar-refractivity contribution in [2.75, 3.05) is 5.32 Å². The van der Waals surface area contributed by atoms with Crippen molar-refractivity contribution < 1.29 is 9.59 Å². The summed E-state index contributed by atoms with van der Waals surface area (Å²) >= 11 is 0. The van der Waals surface area contributed by atoms with E-state index in [9.17, 15) is 9.59 Å². The lowest BCUT2D eigenvalue weighted by molar-refractivity contribution is -0.112. The summed E-state index contributed by atoms with van der Waals surface area (Å²) in [5.74, 6) is -0.846. The lowest BCUT2D eigenvalue weighted by Crippen LogP contribution is -2.12. The average molecular weight is 225 g/mol. The first-order valence-corrected chi connectivity index (χ1v) is 5.02. The molecule has 0 spiro atoms. The molecule has 0 unspecified atom stereocenters. The van der Waals surface area contributed by atoms with Gasteiger partial charge in [0.15, 0.2) is 0 Å². The highest BCUT2D eigenvalue weighted by atomic mass is 16.2. The number of pyridine rings is 2. The van der Waals surface area contributed by atoms with Crippen LogP contribution in [0.4, 0.5) is 5.82 Å². The van der Waals surface area contributed by atoms with E-state index in [2.05, 4.69) is 15.3 Å². The molecule has 2 aromatic rings. The van der Waals surface area contributed by atoms with Gasteiger partial charge in [-0.15, -0.1) is 0 Å². The molecular formula is C12H7N3O2. The zero-order chi connectivity index (χ0) is 11.8. The predicted molar refractivity (Wildman–Crippen MR) is 60.4 cm³/mol. The number of nitrogens with one attached hydrogen (secondary N) is 1. The maximum Gasteiger partial charge on any atom is 0.298 e. The van der Waals surface area contributed by atoms with Gasteiger partial charge in [-0.25, -0.2) is 4.98 Å². The first-order chi connectivity index (χ1) is 8.25. The third-order valence-electron chi connectivity index (χ3n) is 2.57. The Morgan fingerprint density at radius 3 is 2.76 bits per heavy atom. The second kappa shape index (κ2) is 3.48. The topological polar surface area (TPSA) is 72.0 Å². The predicted octanol–water partition coefficient (Wildman–Crippen LogP) is 1.28. The van der Waals surface area contributed by atoms with E-state index in [1.54, 1.807) is 30.7 Å². The molecule has 1 N–H and O–H groups in total. The molecule has 0 saturated carbocycles. The average Bonchev–Trinajstić information content (AvgIpc) is 2.66. The molecule has 0 radical (unpaired) electrons. The largest absolute Gasteiger partial charge is 0.303 e. The van der Waals surface area contributed by atoms with Crippen LogP contribution < -0.4 is 5.32 Å². The monoisotopic (exact) mass is 225 g/mol. The molecule has 0 bridgehead atoms. The summed E-state index contributed by atoms with van der Waals surface area (Å²) in [5, 5.41) is 2.41. The highest BCUT2D eigenvalue weighted by Gasteiger charge is 2.29. The maximum atomic E-state index is 11.5. The normalized spacial score (nSPS) is 13.4. The standard InChI is InChI=1S/C12H7N3O2/c16-10-9-4-8(7-2-1-3-13-5-7)6-14-11(9)15-12(10)17/h1-6H,(H,14,15,16,17). The number of carbonyl (C=O) groups is 2. The minimum Gasteiger partial charge on any atom is -0.303 e. The minimum absolute atomic E-state index is 0.316. The quantitative estimate of drug-likeness (QED) is 0.742. The van der Waals surface area contributed by atoms with Gasteiger partial charge >= 0.3 is 0 Å². The van der Waals surface area contributed by atoms with E-state index in [1.165, 1.54) is 0 Å². The third kappa shape index (κ3) is 1.48. The number of nitrogens with zero attached hydrogens (tertiary/aromatic N) is 2. The van der Waals surface area contributed by atoms with Crippen LogP contribution in [0.25, 0.3) is 11.1 Å². The first-order valence-electron chi connectivity index (χ1n) is 5.02. The molecule has 5 heteroatoms. The van der Waals surface area contributed by atoms with E-state index in [0.717, 1.165) is 11.1 Å². The van der Waals surface area contributed by atoms with E-state index in [-0.39, 0.29) is 0 Å². The molecule has 17 heavy (non-hydrogen) atoms. The molecule has 82 valence electrons. The van der Waals surface area contributed by atoms with Gasteiger partial charge in [0.2, 0.25) is 0 Å². The number of rotatable bonds is 1. The molecule has 5 nitrogen and oxygen atoms in total. The Balaban J connectivity index is 2.12. The van der Waals surface area contributed by atoms with Gasteiger partial charge < -0.3 is 5.32 Å². The lowest BCUT2D eigenvalue weighted by atomic mass is 10.1. The second-order valence-corrected chi connectivity index (χ2v) is 3.65. The Morgan fingerprint density at radius 1 is 1.12 bits per heavy atom. The van der Waals surface area contributed by atoms with Gasteiger partial charge in [0, 0.05) is 29.7 Å². The number of hydrogen-bond donors (Lipinski definition) is 1. The molecule has 3 rings (SSSR count). The number of Topliss-reactive ketones (excluding diaryl/α,β-unsaturated/α-hetero) is 1. The van der Waals surface area contributed by atoms with Gasteiger partial charge in [-0.3, -0.25) is 14.6 Å². The second-order valence-electron chi connectivity index (χ2n) is 3.65. The van der Waals surface area contributed by atoms with Crippen LogP contribution in [-0.2, 0) is 4.79 Å². The third-order valence-corrected chi connectivity index (χ3v) is 2.57. The number of ketones is 1. The summed E-state index contributed by atoms with van der Waals surface area (Å²) < 4.78 is 0. The lowest BCUT2D eigenvalue weighted by Gasteiger charge is -2.01. The van der Waals surface area contributed by atoms with Gasteiger partial charge in [0.05, 0.1) is 5.56 Å². The SMILES string of the molecule is O=C1Nc2ncc(-c3cccnc3)cc2C1=O. The first kappa shape index (κ1) is 9.65. The van der Waals surface area contributed by atoms with E-state index in [4.69, 9.17) is 0 Å². The van der Waals surface area contributed by atoms with Crippen molar-refractivity contribution in [1.82, 2.24) is 9.97 Å². The van der Waals surface area contributed by atoms with E-state index >= 15 is 0 Å². The van der Waals surface area contributed by atoms with Crippen molar-refractivity contribution in [3.8, 4) is 11.1 Å². The fraction of sp³-hybridized carbons (Fsp3) is 0. The van der Waals surface area contributed by atoms with Gasteiger partial charge in [0.25, 0.3) is 11.7 Å². The number of aromatic nitrogens is 2. The Labute approximate surface area is 96.5 Å². The van der Waals surface area contributed by atoms with E-state index < -0.39 is 11.7 Å². The Morgan fingerprint density at radius 2 is 2.00 bits per heavy atom. The van der Waals surface area contributed by atoms with Crippen molar-refractivity contribution in [1.29, 1.82) is 0 Å². The summed E-state index contributed by atoms with van der Waals surface area (Å²) in [6.45, 7) is 0. The zero-order valence-electron chi connectivity index (χ0n) is 8.68. The van der Waals surface area contributed by atoms with E-state index in [0.29, 0.717) is 11.4 Å². The van der Waals surface area contributed by atoms with Crippen molar-refractivity contribution in [2.24, 2.45) is 0 Å². The molecular weight excluding hydrogens is 218 g/mol. The highest BCUT2D eigenvalue weighted by Crippen LogP contribution is 2.26. The molecule has 0 atom stereocenters. The fourth-order valence-corrected chi connectivity index (χ4v) is 1.72. The number of anilines is 1. The number of fused-ring (bicyclic) bond motifs is 1. The van der Waals surface area contributed by atoms with Crippen LogP contribution in [0.2, 0.25) is 0 Å². The van der Waals surface area contributed by atoms with Crippen LogP contribution in [-0.4, -0.2) is 21.7 Å². The summed E-state index contributed by atoms with van der Waals surface area (Å²) in [4.78, 5) is 30.7. The maximum absolute atomic E-state index is 11.5. The summed E-state index contributed by atoms with van der Waals surface area (Å²) in [5.41, 5.74) is 1.94. The smallest absolute Gasteiger partial charge is 0.298 e. The number of carbonyl (C=O) groups excluding carboxylic acids is 2. The summed E-state index contributed by atoms with van der Waals surface area (Å²) in [6.07, 6.45) is 4.95. The molecule has 1 amide bonds. The molecule has 1 aliphatic heterocycles. The van der Waals surface area contributed by atoms with Gasteiger partial charge in [0.1, 0.15) is 5.82 Å². The van der Waals surface area contributed by atoms with Crippen molar-refractivity contribution in [3.05, 3.63) is 42.4 Å². The summed E-state index contributed by atoms with van der Waals surface area (Å²) in [7, 11) is 0. The Kier molecular flexibility index (Phi) is 1.98. The van der Waals surface area contributed by atoms with Crippen LogP contribution in [0.3, 0.4) is 0 Å². The molecule has 1 aliphatic rings. The molecule has 2 aromatic heterocycles. The van der Waals surface area contributed by atoms with Crippen LogP contribution in [0.15, 0.2) is 36.8 Å². The van der Waals surface area contributed by atoms with Gasteiger partial charge in [-0.1, -0.05) is 6.07 Å². The Bertz CT molecular complexity index is 623. The van der Waals surface area contributed by atoms with E-state index in [1.807, 2.05) is 6.07 Å². The van der Waals surface area contributed by atoms with Crippen LogP contribution >= 0.6 is 0 Å². The number of amides is 1. The molecule has 0 saturated heterocycles.